The molecule has 0 bridgehead atoms. The molecule has 5 rings (SSSR count). The van der Waals surface area contributed by atoms with Crippen molar-refractivity contribution in [1.82, 2.24) is 14.9 Å². The lowest BCUT2D eigenvalue weighted by atomic mass is 10.0. The van der Waals surface area contributed by atoms with Crippen molar-refractivity contribution < 1.29 is 48.0 Å². The zero-order chi connectivity index (χ0) is 36.2. The Kier molecular flexibility index (Phi) is 9.76. The molecule has 0 radical (unpaired) electrons. The van der Waals surface area contributed by atoms with Gasteiger partial charge in [-0.3, -0.25) is 24.4 Å². The number of nitrogens with one attached hydrogen (secondary N) is 1. The third-order valence-electron chi connectivity index (χ3n) is 7.84. The first-order valence-corrected chi connectivity index (χ1v) is 16.9. The van der Waals surface area contributed by atoms with Crippen LogP contribution in [0.4, 0.5) is 35.6 Å². The highest BCUT2D eigenvalue weighted by molar-refractivity contribution is 8.45. The Bertz CT molecular complexity index is 1820. The summed E-state index contributed by atoms with van der Waals surface area (Å²) in [6.07, 6.45) is 2.29. The molecular weight excluding hydrogens is 689 g/mol. The van der Waals surface area contributed by atoms with Gasteiger partial charge < -0.3 is 19.5 Å². The van der Waals surface area contributed by atoms with E-state index in [1.165, 1.54) is 57.1 Å². The number of rotatable bonds is 11. The van der Waals surface area contributed by atoms with Gasteiger partial charge in [0.1, 0.15) is 23.6 Å². The molecule has 0 aliphatic carbocycles. The number of halogens is 5. The van der Waals surface area contributed by atoms with Gasteiger partial charge in [-0.2, -0.15) is 0 Å². The van der Waals surface area contributed by atoms with Crippen LogP contribution in [0, 0.1) is 0 Å². The molecule has 3 heterocycles. The highest BCUT2D eigenvalue weighted by atomic mass is 32.5. The van der Waals surface area contributed by atoms with Gasteiger partial charge in [0, 0.05) is 43.2 Å². The number of nitrogens with zero attached hydrogens (tertiary/aromatic N) is 4. The average Bonchev–Trinajstić information content (AvgIpc) is 3.54. The van der Waals surface area contributed by atoms with Crippen molar-refractivity contribution in [2.75, 3.05) is 31.0 Å². The molecule has 0 saturated carbocycles. The smallest absolute Gasteiger partial charge is 0.410 e. The summed E-state index contributed by atoms with van der Waals surface area (Å²) < 4.78 is 84.5. The maximum Gasteiger partial charge on any atom is 0.410 e. The Morgan fingerprint density at radius 3 is 2.24 bits per heavy atom. The highest BCUT2D eigenvalue weighted by Crippen LogP contribution is 3.02. The minimum absolute atomic E-state index is 0.0837. The monoisotopic (exact) mass is 721 g/mol. The minimum Gasteiger partial charge on any atom is -0.481 e. The van der Waals surface area contributed by atoms with Crippen LogP contribution in [0.25, 0.3) is 0 Å². The molecule has 3 amide bonds. The van der Waals surface area contributed by atoms with E-state index in [-0.39, 0.29) is 54.5 Å². The van der Waals surface area contributed by atoms with Crippen LogP contribution in [0.5, 0.6) is 5.88 Å². The fourth-order valence-corrected chi connectivity index (χ4v) is 6.03. The average molecular weight is 722 g/mol. The number of pyridine rings is 2. The molecule has 3 atom stereocenters. The van der Waals surface area contributed by atoms with Gasteiger partial charge in [0.2, 0.25) is 5.88 Å². The number of ether oxygens (including phenoxy) is 3. The molecule has 2 aromatic carbocycles. The van der Waals surface area contributed by atoms with Gasteiger partial charge in [-0.1, -0.05) is 55.8 Å². The van der Waals surface area contributed by atoms with E-state index in [1.807, 2.05) is 0 Å². The Hall–Kier alpha value is -5.29. The number of carbonyl (C=O) groups excluding carboxylic acids is 3. The van der Waals surface area contributed by atoms with E-state index in [2.05, 4.69) is 15.3 Å². The lowest BCUT2D eigenvalue weighted by Crippen LogP contribution is -2.51. The second kappa shape index (κ2) is 13.5. The van der Waals surface area contributed by atoms with Crippen LogP contribution in [-0.2, 0) is 25.7 Å². The van der Waals surface area contributed by atoms with Crippen LogP contribution in [0.15, 0.2) is 102 Å². The van der Waals surface area contributed by atoms with Gasteiger partial charge in [0.15, 0.2) is 0 Å². The van der Waals surface area contributed by atoms with E-state index >= 15 is 0 Å². The van der Waals surface area contributed by atoms with Crippen molar-refractivity contribution in [2.45, 2.75) is 36.1 Å². The number of aromatic nitrogens is 2. The van der Waals surface area contributed by atoms with Gasteiger partial charge in [-0.05, 0) is 42.0 Å². The van der Waals surface area contributed by atoms with Crippen LogP contribution in [0.3, 0.4) is 0 Å². The van der Waals surface area contributed by atoms with Crippen molar-refractivity contribution in [2.24, 2.45) is 0 Å². The van der Waals surface area contributed by atoms with Crippen molar-refractivity contribution in [3.8, 4) is 5.88 Å². The molecule has 50 heavy (non-hydrogen) atoms. The topological polar surface area (TPSA) is 123 Å². The Morgan fingerprint density at radius 2 is 1.66 bits per heavy atom. The van der Waals surface area contributed by atoms with Crippen molar-refractivity contribution in [3.05, 3.63) is 109 Å². The molecule has 17 heteroatoms. The molecule has 1 unspecified atom stereocenters. The minimum atomic E-state index is -10.1. The lowest BCUT2D eigenvalue weighted by molar-refractivity contribution is -0.126. The SMILES string of the molecule is COc1ccc(NC(=O)C(c2cccnc2)N(C(=O)[C@H]2C[C@@H](OC)CN2C(=O)OCc2ccccc2)c2ccc(S(F)(F)(F)(F)F)cc2)cn1. The number of anilines is 2. The molecule has 1 N–H and O–H groups in total. The molecule has 2 aromatic heterocycles. The fraction of sp³-hybridized carbons (Fsp3) is 0.242. The van der Waals surface area contributed by atoms with E-state index in [1.54, 1.807) is 30.3 Å². The van der Waals surface area contributed by atoms with Crippen molar-refractivity contribution in [3.63, 3.8) is 0 Å². The highest BCUT2D eigenvalue weighted by Gasteiger charge is 2.65. The van der Waals surface area contributed by atoms with E-state index in [0.29, 0.717) is 17.7 Å². The molecular formula is C33H32F5N5O6S. The fourth-order valence-electron chi connectivity index (χ4n) is 5.38. The van der Waals surface area contributed by atoms with Crippen LogP contribution in [0.1, 0.15) is 23.6 Å². The number of amides is 3. The van der Waals surface area contributed by atoms with Crippen molar-refractivity contribution >= 4 is 39.5 Å². The predicted octanol–water partition coefficient (Wildman–Crippen LogP) is 7.28. The standard InChI is InChI=1S/C33H32F5N5O6S/c1-47-26-17-28(42(20-26)33(46)49-21-22-7-4-3-5-8-22)32(45)43(25-11-13-27(14-12-25)50(34,35,36,37)38)30(23-9-6-16-39-18-23)31(44)41-24-10-15-29(48-2)40-19-24/h3-16,18-19,26,28,30H,17,20-21H2,1-2H3,(H,41,44)/t26-,28-,30?/m1/s1. The summed E-state index contributed by atoms with van der Waals surface area (Å²) >= 11 is 0. The van der Waals surface area contributed by atoms with Crippen molar-refractivity contribution in [1.29, 1.82) is 0 Å². The summed E-state index contributed by atoms with van der Waals surface area (Å²) in [6, 6.07) is 13.2. The van der Waals surface area contributed by atoms with Crippen LogP contribution < -0.4 is 15.0 Å². The largest absolute Gasteiger partial charge is 0.481 e. The van der Waals surface area contributed by atoms with Gasteiger partial charge in [0.05, 0.1) is 31.6 Å². The van der Waals surface area contributed by atoms with Crippen LogP contribution in [0.2, 0.25) is 0 Å². The molecule has 266 valence electrons. The van der Waals surface area contributed by atoms with Gasteiger partial charge in [-0.25, -0.2) is 9.78 Å². The summed E-state index contributed by atoms with van der Waals surface area (Å²) in [5, 5.41) is 2.62. The van der Waals surface area contributed by atoms with Gasteiger partial charge >= 0.3 is 16.3 Å². The number of hydrogen-bond acceptors (Lipinski definition) is 8. The predicted molar refractivity (Wildman–Crippen MR) is 174 cm³/mol. The summed E-state index contributed by atoms with van der Waals surface area (Å²) in [7, 11) is -7.35. The van der Waals surface area contributed by atoms with E-state index < -0.39 is 51.2 Å². The second-order valence-corrected chi connectivity index (χ2v) is 13.6. The van der Waals surface area contributed by atoms with Gasteiger partial charge in [0.25, 0.3) is 11.8 Å². The first-order chi connectivity index (χ1) is 23.6. The maximum atomic E-state index is 14.7. The van der Waals surface area contributed by atoms with Crippen LogP contribution in [-0.4, -0.2) is 65.7 Å². The number of likely N-dealkylation sites (tertiary alicyclic amines) is 1. The third kappa shape index (κ3) is 8.46. The lowest BCUT2D eigenvalue weighted by Gasteiger charge is -2.41. The zero-order valence-electron chi connectivity index (χ0n) is 26.6. The normalized spacial score (nSPS) is 17.9. The Balaban J connectivity index is 1.58. The molecule has 1 aliphatic rings. The molecule has 1 fully saturated rings. The summed E-state index contributed by atoms with van der Waals surface area (Å²) in [5.41, 5.74) is 0.588. The number of methoxy groups -OCH3 is 2. The zero-order valence-corrected chi connectivity index (χ0v) is 27.4. The summed E-state index contributed by atoms with van der Waals surface area (Å²) in [5.74, 6) is -1.56. The number of carbonyl (C=O) groups is 3. The third-order valence-corrected chi connectivity index (χ3v) is 9.00. The second-order valence-electron chi connectivity index (χ2n) is 11.2. The van der Waals surface area contributed by atoms with Crippen LogP contribution >= 0.6 is 10.2 Å². The van der Waals surface area contributed by atoms with E-state index in [4.69, 9.17) is 14.2 Å². The molecule has 1 saturated heterocycles. The molecule has 0 spiro atoms. The molecule has 4 aromatic rings. The summed E-state index contributed by atoms with van der Waals surface area (Å²) in [6.45, 7) is -0.232. The summed E-state index contributed by atoms with van der Waals surface area (Å²) in [4.78, 5) is 50.0. The number of hydrogen-bond donors (Lipinski definition) is 1. The molecule has 11 nitrogen and oxygen atoms in total. The first kappa shape index (κ1) is 36.0. The van der Waals surface area contributed by atoms with E-state index in [9.17, 15) is 33.8 Å². The molecule has 1 aliphatic heterocycles. The Morgan fingerprint density at radius 1 is 0.940 bits per heavy atom. The quantitative estimate of drug-likeness (QED) is 0.160. The number of benzene rings is 2. The van der Waals surface area contributed by atoms with Gasteiger partial charge in [-0.15, -0.1) is 0 Å². The first-order valence-electron chi connectivity index (χ1n) is 15.0. The Labute approximate surface area is 283 Å². The van der Waals surface area contributed by atoms with E-state index in [0.717, 1.165) is 9.80 Å². The maximum absolute atomic E-state index is 14.7.